The van der Waals surface area contributed by atoms with Gasteiger partial charge < -0.3 is 59.8 Å². The SMILES string of the molecule is [2H]c1c2c(c([2H])c(OC)c1OC([2H])([2H])[2H])C1N(CC2)C([2H])([2H])C([2H])(C([2H])([2H])C([2H])(C)C([2H])([2H])[2H])C(OC(=O)[C@@H](N)C(C)C)C1([2H])[2H].[2H]c1c2c(c([2H])c(OC)c1OC)C1N(CC2)C([2H])([2H])C([2H])(C([2H])([2H])C([2H])(C)C([2H])([2H])[2H])C(OC(=O)[C@@H](N)C(C)C)C1([2H])[2H].[2H]c1c2c(c([2H])c(OC)c1OC)C1N(CC2)C([2H])([2H])C([2H])(C([2H])([2H])C([2H])(C)C([2H])([2H])[2H])C([2H])(OC(=O)[C@@H](N)C(C)C)C1([2H])[2H]. The maximum absolute atomic E-state index is 13.3. The van der Waals surface area contributed by atoms with E-state index in [0.29, 0.717) is 30.6 Å². The summed E-state index contributed by atoms with van der Waals surface area (Å²) in [7, 11) is 2.78. The number of hydrogen-bond acceptors (Lipinski definition) is 18. The number of esters is 3. The molecule has 504 valence electrons. The quantitative estimate of drug-likeness (QED) is 0.0666. The molecule has 0 bridgehead atoms. The van der Waals surface area contributed by atoms with Gasteiger partial charge in [0.2, 0.25) is 0 Å². The van der Waals surface area contributed by atoms with E-state index >= 15 is 0 Å². The first-order valence-corrected chi connectivity index (χ1v) is 29.0. The van der Waals surface area contributed by atoms with Crippen molar-refractivity contribution in [2.24, 2.45) is 70.3 Å². The summed E-state index contributed by atoms with van der Waals surface area (Å²) in [6.07, 6.45) is -31.5. The van der Waals surface area contributed by atoms with Crippen molar-refractivity contribution in [1.82, 2.24) is 14.7 Å². The number of fused-ring (bicyclic) bond motifs is 9. The second-order valence-electron chi connectivity index (χ2n) is 22.5. The lowest BCUT2D eigenvalue weighted by Crippen LogP contribution is -2.51. The van der Waals surface area contributed by atoms with Crippen molar-refractivity contribution < 1.29 is 116 Å². The van der Waals surface area contributed by atoms with E-state index in [9.17, 15) is 36.3 Å². The molecule has 18 nitrogen and oxygen atoms in total. The van der Waals surface area contributed by atoms with Gasteiger partial charge in [-0.3, -0.25) is 29.1 Å². The zero-order valence-corrected chi connectivity index (χ0v) is 53.1. The van der Waals surface area contributed by atoms with Crippen LogP contribution in [0.4, 0.5) is 0 Å². The Hall–Kier alpha value is -5.37. The Morgan fingerprint density at radius 2 is 0.800 bits per heavy atom. The molecule has 0 radical (unpaired) electrons. The van der Waals surface area contributed by atoms with Gasteiger partial charge in [0.1, 0.15) is 36.4 Å². The molecular weight excluding hydrogens is 1140 g/mol. The predicted octanol–water partition coefficient (Wildman–Crippen LogP) is 10.7. The molecule has 6 N–H and O–H groups in total. The van der Waals surface area contributed by atoms with E-state index in [2.05, 4.69) is 0 Å². The highest BCUT2D eigenvalue weighted by atomic mass is 16.6. The fourth-order valence-electron chi connectivity index (χ4n) is 9.81. The van der Waals surface area contributed by atoms with Crippen LogP contribution in [-0.4, -0.2) is 151 Å². The van der Waals surface area contributed by atoms with E-state index < -0.39 is 272 Å². The minimum Gasteiger partial charge on any atom is -0.493 e. The highest BCUT2D eigenvalue weighted by molar-refractivity contribution is 5.77. The van der Waals surface area contributed by atoms with Crippen LogP contribution in [-0.2, 0) is 47.9 Å². The van der Waals surface area contributed by atoms with E-state index in [1.54, 1.807) is 13.8 Å². The molecule has 0 spiro atoms. The van der Waals surface area contributed by atoms with Crippen molar-refractivity contribution >= 4 is 17.9 Å². The van der Waals surface area contributed by atoms with Crippen LogP contribution < -0.4 is 45.6 Å². The fraction of sp³-hybridized carbons (Fsp3) is 0.708. The second-order valence-corrected chi connectivity index (χ2v) is 22.5. The normalized spacial score (nSPS) is 41.5. The van der Waals surface area contributed by atoms with Crippen LogP contribution in [0.15, 0.2) is 36.3 Å². The van der Waals surface area contributed by atoms with Gasteiger partial charge in [0, 0.05) is 139 Å². The molecule has 90 heavy (non-hydrogen) atoms. The summed E-state index contributed by atoms with van der Waals surface area (Å²) in [5.74, 6) is -29.2. The average Bonchev–Trinajstić information content (AvgIpc) is 0.660. The zero-order valence-electron chi connectivity index (χ0n) is 96.1. The largest absolute Gasteiger partial charge is 0.493 e. The van der Waals surface area contributed by atoms with Crippen molar-refractivity contribution in [2.75, 3.05) is 81.7 Å². The first-order valence-electron chi connectivity index (χ1n) is 50.5. The van der Waals surface area contributed by atoms with Crippen LogP contribution in [0.5, 0.6) is 34.5 Å². The Balaban J connectivity index is 0.000000273. The molecule has 12 unspecified atom stereocenters. The Kier molecular flexibility index (Phi) is 12.0. The van der Waals surface area contributed by atoms with Gasteiger partial charge in [0.05, 0.1) is 56.3 Å². The highest BCUT2D eigenvalue weighted by Gasteiger charge is 2.45. The molecule has 3 aromatic carbocycles. The summed E-state index contributed by atoms with van der Waals surface area (Å²) in [6, 6.07) is -13.3. The third-order valence-electron chi connectivity index (χ3n) is 14.8. The van der Waals surface area contributed by atoms with Crippen LogP contribution in [0.25, 0.3) is 0 Å². The van der Waals surface area contributed by atoms with Crippen LogP contribution in [0, 0.1) is 53.1 Å². The number of carbonyl (C=O) groups is 3. The fourth-order valence-corrected chi connectivity index (χ4v) is 9.81. The number of carbonyl (C=O) groups excluding carboxylic acids is 3. The molecular formula is C72H114N6O12. The van der Waals surface area contributed by atoms with E-state index in [-0.39, 0.29) is 82.2 Å². The van der Waals surface area contributed by atoms with E-state index in [1.165, 1.54) is 49.0 Å². The van der Waals surface area contributed by atoms with Gasteiger partial charge >= 0.3 is 17.9 Å². The Labute approximate surface area is 599 Å². The number of benzene rings is 3. The molecule has 0 saturated carbocycles. The molecule has 0 amide bonds. The number of piperidine rings is 3. The molecule has 3 saturated heterocycles. The number of ether oxygens (including phenoxy) is 9. The Morgan fingerprint density at radius 3 is 1.12 bits per heavy atom. The molecule has 6 aliphatic rings. The molecule has 9 rings (SSSR count). The third-order valence-corrected chi connectivity index (χ3v) is 14.8. The van der Waals surface area contributed by atoms with E-state index in [4.69, 9.17) is 96.8 Å². The predicted molar refractivity (Wildman–Crippen MR) is 353 cm³/mol. The van der Waals surface area contributed by atoms with Crippen LogP contribution in [0.3, 0.4) is 0 Å². The molecule has 6 heterocycles. The Morgan fingerprint density at radius 1 is 0.500 bits per heavy atom. The minimum atomic E-state index is -3.98. The van der Waals surface area contributed by atoms with Crippen molar-refractivity contribution in [3.8, 4) is 34.5 Å². The van der Waals surface area contributed by atoms with Gasteiger partial charge in [-0.05, 0) is 143 Å². The zero-order chi connectivity index (χ0) is 104. The second kappa shape index (κ2) is 32.5. The summed E-state index contributed by atoms with van der Waals surface area (Å²) >= 11 is 0. The van der Waals surface area contributed by atoms with Crippen molar-refractivity contribution in [3.05, 3.63) is 69.6 Å². The average molecular weight is 1300 g/mol. The van der Waals surface area contributed by atoms with Crippen LogP contribution in [0.2, 0.25) is 0 Å². The van der Waals surface area contributed by atoms with Crippen molar-refractivity contribution in [2.45, 2.75) is 195 Å². The molecule has 3 aromatic rings. The van der Waals surface area contributed by atoms with Gasteiger partial charge in [-0.15, -0.1) is 0 Å². The topological polar surface area (TPSA) is 222 Å². The number of nitrogens with two attached hydrogens (primary N) is 3. The number of nitrogens with zero attached hydrogens (tertiary/aromatic N) is 3. The maximum Gasteiger partial charge on any atom is 0.323 e. The monoisotopic (exact) mass is 1300 g/mol. The maximum atomic E-state index is 13.3. The van der Waals surface area contributed by atoms with E-state index in [0.717, 1.165) is 19.1 Å². The summed E-state index contributed by atoms with van der Waals surface area (Å²) < 4.78 is 421. The lowest BCUT2D eigenvalue weighted by Gasteiger charge is -2.47. The molecule has 0 aromatic heterocycles. The van der Waals surface area contributed by atoms with Gasteiger partial charge in [-0.25, -0.2) is 0 Å². The summed E-state index contributed by atoms with van der Waals surface area (Å²) in [5, 5.41) is 0. The van der Waals surface area contributed by atoms with Gasteiger partial charge in [-0.1, -0.05) is 82.9 Å². The number of rotatable bonds is 21. The third kappa shape index (κ3) is 17.5. The summed E-state index contributed by atoms with van der Waals surface area (Å²) in [4.78, 5) is 41.9. The van der Waals surface area contributed by atoms with Crippen molar-refractivity contribution in [3.63, 3.8) is 0 Å². The first kappa shape index (κ1) is 33.1. The highest BCUT2D eigenvalue weighted by Crippen LogP contribution is 2.48. The molecule has 15 atom stereocenters. The smallest absolute Gasteiger partial charge is 0.323 e. The van der Waals surface area contributed by atoms with Crippen molar-refractivity contribution in [1.29, 1.82) is 0 Å². The van der Waals surface area contributed by atoms with Crippen LogP contribution >= 0.6 is 0 Å². The molecule has 6 aliphatic heterocycles. The molecule has 18 heteroatoms. The summed E-state index contributed by atoms with van der Waals surface area (Å²) in [5.41, 5.74) is 16.8. The standard InChI is InChI=1S/3C24H38N2O4/c3*1-14(2)9-17-13-26-8-7-16-10-21(28-5)22(29-6)11-18(16)19(26)12-20(17)30-24(27)23(25)15(3)4/h3*10-11,14-15,17,19-20,23H,7-9,12-13,25H2,1-6H3/t3*17?,19?,20?,23-/m000/s1/i1D3,9D2,10D,11D,12D2,13D2,14D,17D,20D;1D3,5D3,9D2,10D,11D,12D2,13D2,14D,17D;1D3,9D2,10D,11D,12D2,13D2,14D,17D/t3*14?,17?,19?,20?,23-. The van der Waals surface area contributed by atoms with Gasteiger partial charge in [0.25, 0.3) is 0 Å². The number of methoxy groups -OCH3 is 6. The summed E-state index contributed by atoms with van der Waals surface area (Å²) in [6.45, 7) is -11.3. The lowest BCUT2D eigenvalue weighted by atomic mass is 9.79. The number of hydrogen-bond donors (Lipinski definition) is 3. The van der Waals surface area contributed by atoms with Gasteiger partial charge in [0.15, 0.2) is 34.5 Å². The van der Waals surface area contributed by atoms with Crippen LogP contribution in [0.1, 0.15) is 232 Å². The van der Waals surface area contributed by atoms with Gasteiger partial charge in [-0.2, -0.15) is 0 Å². The minimum absolute atomic E-state index is 0.0226. The first-order chi connectivity index (χ1) is 59.5. The lowest BCUT2D eigenvalue weighted by molar-refractivity contribution is -0.161. The molecule has 0 aliphatic carbocycles. The van der Waals surface area contributed by atoms with E-state index in [1.807, 2.05) is 0 Å². The Bertz CT molecular complexity index is 4890. The molecule has 3 fully saturated rings.